The standard InChI is InChI=1S/C12H13F4NO2/c13-9-4-1-2-5-10(9)19-11(18)6-3-7-17-8-12(14,15)16/h1-2,4-5,17H,3,6-8H2. The highest BCUT2D eigenvalue weighted by atomic mass is 19.4. The van der Waals surface area contributed by atoms with Crippen molar-refractivity contribution in [1.29, 1.82) is 0 Å². The van der Waals surface area contributed by atoms with E-state index < -0.39 is 24.5 Å². The van der Waals surface area contributed by atoms with Crippen molar-refractivity contribution in [2.75, 3.05) is 13.1 Å². The van der Waals surface area contributed by atoms with E-state index in [1.54, 1.807) is 0 Å². The number of carbonyl (C=O) groups excluding carboxylic acids is 1. The Kier molecular flexibility index (Phi) is 5.75. The number of nitrogens with one attached hydrogen (secondary N) is 1. The van der Waals surface area contributed by atoms with Crippen LogP contribution in [0.25, 0.3) is 0 Å². The number of hydrogen-bond donors (Lipinski definition) is 1. The van der Waals surface area contributed by atoms with Crippen LogP contribution in [-0.4, -0.2) is 25.2 Å². The van der Waals surface area contributed by atoms with Gasteiger partial charge in [0, 0.05) is 6.42 Å². The molecule has 0 aliphatic heterocycles. The Morgan fingerprint density at radius 3 is 2.58 bits per heavy atom. The van der Waals surface area contributed by atoms with Crippen molar-refractivity contribution in [3.8, 4) is 5.75 Å². The van der Waals surface area contributed by atoms with Gasteiger partial charge >= 0.3 is 12.1 Å². The minimum atomic E-state index is -4.27. The zero-order valence-corrected chi connectivity index (χ0v) is 9.97. The fraction of sp³-hybridized carbons (Fsp3) is 0.417. The van der Waals surface area contributed by atoms with Crippen LogP contribution < -0.4 is 10.1 Å². The molecule has 3 nitrogen and oxygen atoms in total. The molecule has 0 radical (unpaired) electrons. The van der Waals surface area contributed by atoms with Crippen LogP contribution in [0.4, 0.5) is 17.6 Å². The summed E-state index contributed by atoms with van der Waals surface area (Å²) in [5.74, 6) is -1.53. The number of rotatable bonds is 6. The van der Waals surface area contributed by atoms with Gasteiger partial charge < -0.3 is 10.1 Å². The minimum absolute atomic E-state index is 0.0336. The van der Waals surface area contributed by atoms with Crippen molar-refractivity contribution in [3.05, 3.63) is 30.1 Å². The number of hydrogen-bond acceptors (Lipinski definition) is 3. The smallest absolute Gasteiger partial charge is 0.401 e. The molecule has 7 heteroatoms. The van der Waals surface area contributed by atoms with Crippen molar-refractivity contribution in [1.82, 2.24) is 5.32 Å². The highest BCUT2D eigenvalue weighted by Crippen LogP contribution is 2.16. The third-order valence-electron chi connectivity index (χ3n) is 2.12. The molecule has 1 aromatic rings. The lowest BCUT2D eigenvalue weighted by molar-refractivity contribution is -0.134. The van der Waals surface area contributed by atoms with Gasteiger partial charge in [-0.05, 0) is 25.1 Å². The normalized spacial score (nSPS) is 11.4. The largest absolute Gasteiger partial charge is 0.423 e. The van der Waals surface area contributed by atoms with Crippen LogP contribution in [0, 0.1) is 5.82 Å². The number of alkyl halides is 3. The second-order valence-electron chi connectivity index (χ2n) is 3.80. The van der Waals surface area contributed by atoms with E-state index in [-0.39, 0.29) is 25.1 Å². The number of ether oxygens (including phenoxy) is 1. The molecule has 0 aliphatic rings. The molecular formula is C12H13F4NO2. The predicted molar refractivity (Wildman–Crippen MR) is 60.2 cm³/mol. The lowest BCUT2D eigenvalue weighted by Crippen LogP contribution is -2.29. The molecule has 0 aromatic heterocycles. The summed E-state index contributed by atoms with van der Waals surface area (Å²) in [7, 11) is 0. The molecule has 0 unspecified atom stereocenters. The highest BCUT2D eigenvalue weighted by Gasteiger charge is 2.25. The first-order valence-corrected chi connectivity index (χ1v) is 5.61. The topological polar surface area (TPSA) is 38.3 Å². The maximum Gasteiger partial charge on any atom is 0.401 e. The Bertz CT molecular complexity index is 420. The molecule has 0 atom stereocenters. The van der Waals surface area contributed by atoms with Gasteiger partial charge in [-0.2, -0.15) is 13.2 Å². The molecule has 0 aliphatic carbocycles. The predicted octanol–water partition coefficient (Wildman–Crippen LogP) is 2.66. The first kappa shape index (κ1) is 15.4. The summed E-state index contributed by atoms with van der Waals surface area (Å²) in [4.78, 5) is 11.3. The van der Waals surface area contributed by atoms with Gasteiger partial charge in [-0.1, -0.05) is 12.1 Å². The summed E-state index contributed by atoms with van der Waals surface area (Å²) in [6.45, 7) is -1.07. The summed E-state index contributed by atoms with van der Waals surface area (Å²) < 4.78 is 53.2. The summed E-state index contributed by atoms with van der Waals surface area (Å²) in [5.41, 5.74) is 0. The molecule has 1 N–H and O–H groups in total. The third-order valence-corrected chi connectivity index (χ3v) is 2.12. The van der Waals surface area contributed by atoms with Gasteiger partial charge in [0.1, 0.15) is 0 Å². The van der Waals surface area contributed by atoms with Crippen LogP contribution in [0.5, 0.6) is 5.75 Å². The number of halogens is 4. The maximum absolute atomic E-state index is 13.1. The number of carbonyl (C=O) groups is 1. The van der Waals surface area contributed by atoms with Gasteiger partial charge in [-0.15, -0.1) is 0 Å². The Balaban J connectivity index is 2.20. The monoisotopic (exact) mass is 279 g/mol. The van der Waals surface area contributed by atoms with Crippen LogP contribution >= 0.6 is 0 Å². The van der Waals surface area contributed by atoms with Crippen molar-refractivity contribution >= 4 is 5.97 Å². The second-order valence-corrected chi connectivity index (χ2v) is 3.80. The van der Waals surface area contributed by atoms with Crippen molar-refractivity contribution in [2.45, 2.75) is 19.0 Å². The molecule has 1 rings (SSSR count). The lowest BCUT2D eigenvalue weighted by Gasteiger charge is -2.08. The van der Waals surface area contributed by atoms with Crippen LogP contribution in [0.2, 0.25) is 0 Å². The van der Waals surface area contributed by atoms with Crippen molar-refractivity contribution in [3.63, 3.8) is 0 Å². The average Bonchev–Trinajstić information content (AvgIpc) is 2.30. The van der Waals surface area contributed by atoms with Crippen LogP contribution in [0.15, 0.2) is 24.3 Å². The van der Waals surface area contributed by atoms with Crippen molar-refractivity contribution < 1.29 is 27.1 Å². The fourth-order valence-electron chi connectivity index (χ4n) is 1.29. The van der Waals surface area contributed by atoms with Gasteiger partial charge in [-0.25, -0.2) is 4.39 Å². The van der Waals surface area contributed by atoms with Gasteiger partial charge in [0.05, 0.1) is 6.54 Å². The Labute approximate surface area is 107 Å². The number of benzene rings is 1. The van der Waals surface area contributed by atoms with E-state index in [1.165, 1.54) is 18.2 Å². The first-order chi connectivity index (χ1) is 8.88. The van der Waals surface area contributed by atoms with E-state index in [2.05, 4.69) is 5.32 Å². The molecule has 19 heavy (non-hydrogen) atoms. The molecule has 0 saturated heterocycles. The molecule has 0 bridgehead atoms. The second kappa shape index (κ2) is 7.08. The lowest BCUT2D eigenvalue weighted by atomic mass is 10.3. The summed E-state index contributed by atoms with van der Waals surface area (Å²) in [5, 5.41) is 2.15. The fourth-order valence-corrected chi connectivity index (χ4v) is 1.29. The molecule has 0 amide bonds. The molecule has 0 saturated carbocycles. The summed E-state index contributed by atoms with van der Waals surface area (Å²) in [6, 6.07) is 5.41. The molecule has 1 aromatic carbocycles. The maximum atomic E-state index is 13.1. The van der Waals surface area contributed by atoms with Gasteiger partial charge in [-0.3, -0.25) is 4.79 Å². The number of esters is 1. The Morgan fingerprint density at radius 1 is 1.26 bits per heavy atom. The number of para-hydroxylation sites is 1. The van der Waals surface area contributed by atoms with Crippen molar-refractivity contribution in [2.24, 2.45) is 0 Å². The molecule has 106 valence electrons. The Morgan fingerprint density at radius 2 is 1.95 bits per heavy atom. The molecule has 0 fully saturated rings. The van der Waals surface area contributed by atoms with Crippen LogP contribution in [0.1, 0.15) is 12.8 Å². The molecular weight excluding hydrogens is 266 g/mol. The van der Waals surface area contributed by atoms with Crippen LogP contribution in [0.3, 0.4) is 0 Å². The average molecular weight is 279 g/mol. The SMILES string of the molecule is O=C(CCCNCC(F)(F)F)Oc1ccccc1F. The van der Waals surface area contributed by atoms with Gasteiger partial charge in [0.25, 0.3) is 0 Å². The summed E-state index contributed by atoms with van der Waals surface area (Å²) >= 11 is 0. The molecule has 0 spiro atoms. The quantitative estimate of drug-likeness (QED) is 0.376. The minimum Gasteiger partial charge on any atom is -0.423 e. The zero-order valence-electron chi connectivity index (χ0n) is 9.97. The van der Waals surface area contributed by atoms with E-state index in [4.69, 9.17) is 4.74 Å². The van der Waals surface area contributed by atoms with E-state index in [0.29, 0.717) is 0 Å². The van der Waals surface area contributed by atoms with Gasteiger partial charge in [0.2, 0.25) is 0 Å². The first-order valence-electron chi connectivity index (χ1n) is 5.61. The third kappa shape index (κ3) is 6.76. The summed E-state index contributed by atoms with van der Waals surface area (Å²) in [6.07, 6.45) is -4.17. The Hall–Kier alpha value is -1.63. The van der Waals surface area contributed by atoms with E-state index in [1.807, 2.05) is 0 Å². The zero-order chi connectivity index (χ0) is 14.3. The van der Waals surface area contributed by atoms with Crippen LogP contribution in [-0.2, 0) is 4.79 Å². The van der Waals surface area contributed by atoms with E-state index in [0.717, 1.165) is 6.07 Å². The molecule has 0 heterocycles. The van der Waals surface area contributed by atoms with E-state index in [9.17, 15) is 22.4 Å². The van der Waals surface area contributed by atoms with Gasteiger partial charge in [0.15, 0.2) is 11.6 Å². The highest BCUT2D eigenvalue weighted by molar-refractivity contribution is 5.72. The van der Waals surface area contributed by atoms with E-state index >= 15 is 0 Å².